The van der Waals surface area contributed by atoms with E-state index in [1.165, 1.54) is 35.5 Å². The molecule has 8 nitrogen and oxygen atoms in total. The van der Waals surface area contributed by atoms with Crippen molar-refractivity contribution in [1.82, 2.24) is 14.5 Å². The Kier molecular flexibility index (Phi) is 10.7. The molecule has 4 rings (SSSR count). The Balaban J connectivity index is 0.00000280. The van der Waals surface area contributed by atoms with E-state index in [4.69, 9.17) is 5.26 Å². The zero-order valence-electron chi connectivity index (χ0n) is 20.3. The lowest BCUT2D eigenvalue weighted by molar-refractivity contribution is -0.275. The average Bonchev–Trinajstić information content (AvgIpc) is 3.23. The number of piperazine rings is 1. The van der Waals surface area contributed by atoms with Crippen molar-refractivity contribution in [3.63, 3.8) is 0 Å². The summed E-state index contributed by atoms with van der Waals surface area (Å²) in [6.45, 7) is 1.03. The summed E-state index contributed by atoms with van der Waals surface area (Å²) in [4.78, 5) is 20.1. The summed E-state index contributed by atoms with van der Waals surface area (Å²) in [5.41, 5.74) is 1.13. The van der Waals surface area contributed by atoms with Crippen LogP contribution < -0.4 is 14.4 Å². The molecule has 40 heavy (non-hydrogen) atoms. The normalized spacial score (nSPS) is 14.1. The fourth-order valence-corrected chi connectivity index (χ4v) is 3.99. The van der Waals surface area contributed by atoms with E-state index in [2.05, 4.69) is 14.5 Å². The minimum Gasteiger partial charge on any atom is -0.406 e. The molecule has 1 fully saturated rings. The van der Waals surface area contributed by atoms with Crippen LogP contribution in [0.2, 0.25) is 0 Å². The highest BCUT2D eigenvalue weighted by Crippen LogP contribution is 2.29. The van der Waals surface area contributed by atoms with Gasteiger partial charge in [-0.2, -0.15) is 5.26 Å². The maximum atomic E-state index is 12.8. The molecule has 216 valence electrons. The van der Waals surface area contributed by atoms with Crippen molar-refractivity contribution in [2.75, 3.05) is 24.5 Å². The number of aromatic nitrogens is 2. The molecule has 0 bridgehead atoms. The summed E-state index contributed by atoms with van der Waals surface area (Å²) in [6, 6.07) is 10.7. The highest BCUT2D eigenvalue weighted by atomic mass is 35.5. The lowest BCUT2D eigenvalue weighted by Gasteiger charge is -2.34. The number of nitrogens with zero attached hydrogens (tertiary/aromatic N) is 5. The maximum Gasteiger partial charge on any atom is 0.573 e. The second kappa shape index (κ2) is 13.1. The standard InChI is InChI=1S/C24H19F6N5O3.2ClH/c25-23(26,27)37-20-3-1-2-18(9-20)35-7-6-33(14-22(35)36)13-19-11-32-15-34(19)12-16-4-5-17(10-31)21(8-16)38-24(28,29)30;;/h1-5,8-9,11,15H,6-7,12-14H2;2*1H. The summed E-state index contributed by atoms with van der Waals surface area (Å²) in [5, 5.41) is 9.06. The van der Waals surface area contributed by atoms with E-state index in [1.54, 1.807) is 16.8 Å². The van der Waals surface area contributed by atoms with Gasteiger partial charge >= 0.3 is 12.7 Å². The molecule has 1 aromatic heterocycles. The monoisotopic (exact) mass is 611 g/mol. The summed E-state index contributed by atoms with van der Waals surface area (Å²) >= 11 is 0. The van der Waals surface area contributed by atoms with Gasteiger partial charge in [-0.15, -0.1) is 51.2 Å². The van der Waals surface area contributed by atoms with Crippen LogP contribution in [-0.2, 0) is 17.9 Å². The van der Waals surface area contributed by atoms with E-state index >= 15 is 0 Å². The molecule has 0 aliphatic carbocycles. The predicted octanol–water partition coefficient (Wildman–Crippen LogP) is 5.29. The SMILES string of the molecule is Cl.Cl.N#Cc1ccc(Cn2cncc2CN2CCN(c3cccc(OC(F)(F)F)c3)C(=O)C2)cc1OC(F)(F)F. The first kappa shape index (κ1) is 32.5. The van der Waals surface area contributed by atoms with Crippen LogP contribution in [0.4, 0.5) is 32.0 Å². The lowest BCUT2D eigenvalue weighted by Crippen LogP contribution is -2.50. The first-order valence-electron chi connectivity index (χ1n) is 11.1. The van der Waals surface area contributed by atoms with Gasteiger partial charge < -0.3 is 18.9 Å². The fraction of sp³-hybridized carbons (Fsp3) is 0.292. The third kappa shape index (κ3) is 8.67. The smallest absolute Gasteiger partial charge is 0.406 e. The molecule has 0 atom stereocenters. The van der Waals surface area contributed by atoms with Crippen molar-refractivity contribution in [2.24, 2.45) is 0 Å². The molecule has 0 radical (unpaired) electrons. The molecule has 1 aliphatic rings. The number of imidazole rings is 1. The van der Waals surface area contributed by atoms with Gasteiger partial charge in [0, 0.05) is 44.1 Å². The minimum absolute atomic E-state index is 0. The number of benzene rings is 2. The molecule has 1 saturated heterocycles. The minimum atomic E-state index is -4.95. The molecular formula is C24H21Cl2F6N5O3. The van der Waals surface area contributed by atoms with E-state index in [0.717, 1.165) is 18.2 Å². The summed E-state index contributed by atoms with van der Waals surface area (Å²) < 4.78 is 85.3. The number of ether oxygens (including phenoxy) is 2. The van der Waals surface area contributed by atoms with Crippen molar-refractivity contribution in [3.8, 4) is 17.6 Å². The number of nitriles is 1. The Hall–Kier alpha value is -3.67. The highest BCUT2D eigenvalue weighted by molar-refractivity contribution is 5.95. The number of rotatable bonds is 7. The zero-order chi connectivity index (χ0) is 27.5. The van der Waals surface area contributed by atoms with Gasteiger partial charge in [-0.05, 0) is 29.8 Å². The van der Waals surface area contributed by atoms with E-state index < -0.39 is 24.2 Å². The molecule has 2 heterocycles. The second-order valence-electron chi connectivity index (χ2n) is 8.30. The van der Waals surface area contributed by atoms with Crippen LogP contribution in [0.25, 0.3) is 0 Å². The quantitative estimate of drug-likeness (QED) is 0.338. The summed E-state index contributed by atoms with van der Waals surface area (Å²) in [6.07, 6.45) is -6.76. The third-order valence-electron chi connectivity index (χ3n) is 5.59. The van der Waals surface area contributed by atoms with Crippen LogP contribution in [0.5, 0.6) is 11.5 Å². The first-order chi connectivity index (χ1) is 17.9. The van der Waals surface area contributed by atoms with Crippen LogP contribution in [0, 0.1) is 11.3 Å². The van der Waals surface area contributed by atoms with Gasteiger partial charge in [-0.3, -0.25) is 9.69 Å². The van der Waals surface area contributed by atoms with Crippen molar-refractivity contribution < 1.29 is 40.6 Å². The summed E-state index contributed by atoms with van der Waals surface area (Å²) in [7, 11) is 0. The molecule has 1 amide bonds. The Labute approximate surface area is 236 Å². The highest BCUT2D eigenvalue weighted by Gasteiger charge is 2.33. The molecule has 2 aromatic carbocycles. The van der Waals surface area contributed by atoms with E-state index in [1.807, 2.05) is 4.90 Å². The lowest BCUT2D eigenvalue weighted by atomic mass is 10.1. The fourth-order valence-electron chi connectivity index (χ4n) is 3.99. The van der Waals surface area contributed by atoms with Gasteiger partial charge in [0.2, 0.25) is 5.91 Å². The molecular weight excluding hydrogens is 591 g/mol. The molecule has 16 heteroatoms. The molecule has 0 unspecified atom stereocenters. The van der Waals surface area contributed by atoms with Gasteiger partial charge in [0.1, 0.15) is 17.6 Å². The number of halogens is 8. The topological polar surface area (TPSA) is 83.6 Å². The Morgan fingerprint density at radius 2 is 1.68 bits per heavy atom. The molecule has 0 saturated carbocycles. The van der Waals surface area contributed by atoms with Crippen molar-refractivity contribution in [1.29, 1.82) is 5.26 Å². The van der Waals surface area contributed by atoms with Gasteiger partial charge in [0.05, 0.1) is 24.1 Å². The molecule has 0 spiro atoms. The number of alkyl halides is 6. The Morgan fingerprint density at radius 3 is 2.33 bits per heavy atom. The van der Waals surface area contributed by atoms with Crippen molar-refractivity contribution in [3.05, 3.63) is 71.8 Å². The maximum absolute atomic E-state index is 12.8. The predicted molar refractivity (Wildman–Crippen MR) is 134 cm³/mol. The number of carbonyl (C=O) groups is 1. The zero-order valence-corrected chi connectivity index (χ0v) is 21.9. The van der Waals surface area contributed by atoms with Crippen LogP contribution in [0.15, 0.2) is 55.0 Å². The summed E-state index contributed by atoms with van der Waals surface area (Å²) in [5.74, 6) is -1.36. The van der Waals surface area contributed by atoms with Crippen molar-refractivity contribution in [2.45, 2.75) is 25.8 Å². The first-order valence-corrected chi connectivity index (χ1v) is 11.1. The molecule has 0 N–H and O–H groups in total. The number of hydrogen-bond donors (Lipinski definition) is 0. The molecule has 1 aliphatic heterocycles. The number of anilines is 1. The van der Waals surface area contributed by atoms with Crippen LogP contribution in [0.3, 0.4) is 0 Å². The number of carbonyl (C=O) groups excluding carboxylic acids is 1. The van der Waals surface area contributed by atoms with Gasteiger partial charge in [-0.25, -0.2) is 4.98 Å². The number of amides is 1. The van der Waals surface area contributed by atoms with E-state index in [-0.39, 0.29) is 61.6 Å². The second-order valence-corrected chi connectivity index (χ2v) is 8.30. The van der Waals surface area contributed by atoms with E-state index in [9.17, 15) is 31.1 Å². The van der Waals surface area contributed by atoms with Crippen LogP contribution in [0.1, 0.15) is 16.8 Å². The van der Waals surface area contributed by atoms with Gasteiger partial charge in [0.25, 0.3) is 0 Å². The van der Waals surface area contributed by atoms with Crippen LogP contribution >= 0.6 is 24.8 Å². The average molecular weight is 612 g/mol. The Bertz CT molecular complexity index is 1360. The van der Waals surface area contributed by atoms with Gasteiger partial charge in [0.15, 0.2) is 0 Å². The largest absolute Gasteiger partial charge is 0.573 e. The Morgan fingerprint density at radius 1 is 0.950 bits per heavy atom. The van der Waals surface area contributed by atoms with Gasteiger partial charge in [-0.1, -0.05) is 12.1 Å². The van der Waals surface area contributed by atoms with Crippen LogP contribution in [-0.4, -0.2) is 52.7 Å². The number of hydrogen-bond acceptors (Lipinski definition) is 6. The molecule has 3 aromatic rings. The van der Waals surface area contributed by atoms with E-state index in [0.29, 0.717) is 24.3 Å². The van der Waals surface area contributed by atoms with Crippen molar-refractivity contribution >= 4 is 36.4 Å². The third-order valence-corrected chi connectivity index (χ3v) is 5.59.